The first-order valence-corrected chi connectivity index (χ1v) is 8.29. The number of ether oxygens (including phenoxy) is 1. The third-order valence-corrected chi connectivity index (χ3v) is 4.77. The molecule has 2 aliphatic rings. The van der Waals surface area contributed by atoms with Gasteiger partial charge in [-0.25, -0.2) is 4.39 Å². The van der Waals surface area contributed by atoms with Gasteiger partial charge in [-0.05, 0) is 62.8 Å². The number of hydrogen-bond donors (Lipinski definition) is 1. The highest BCUT2D eigenvalue weighted by Gasteiger charge is 2.28. The Labute approximate surface area is 127 Å². The summed E-state index contributed by atoms with van der Waals surface area (Å²) in [5.74, 6) is 1.01. The minimum absolute atomic E-state index is 0.363. The Morgan fingerprint density at radius 3 is 3.10 bits per heavy atom. The van der Waals surface area contributed by atoms with E-state index in [9.17, 15) is 4.39 Å². The molecule has 0 amide bonds. The largest absolute Gasteiger partial charge is 0.493 e. The second kappa shape index (κ2) is 6.35. The van der Waals surface area contributed by atoms with Crippen LogP contribution in [-0.2, 0) is 12.8 Å². The summed E-state index contributed by atoms with van der Waals surface area (Å²) in [4.78, 5) is 0. The number of aryl methyl sites for hydroxylation is 1. The van der Waals surface area contributed by atoms with Crippen molar-refractivity contribution < 1.29 is 9.13 Å². The first kappa shape index (κ1) is 14.8. The van der Waals surface area contributed by atoms with Crippen molar-refractivity contribution in [2.24, 2.45) is 0 Å². The number of alkyl halides is 1. The SMILES string of the molecule is CC(F)(CCc1ccc2c(c1)CCO2)CC1CCCCN1. The van der Waals surface area contributed by atoms with E-state index in [1.165, 1.54) is 24.0 Å². The summed E-state index contributed by atoms with van der Waals surface area (Å²) in [5, 5.41) is 3.45. The maximum atomic E-state index is 14.8. The molecule has 2 heterocycles. The van der Waals surface area contributed by atoms with Crippen molar-refractivity contribution in [1.82, 2.24) is 5.32 Å². The molecule has 2 nitrogen and oxygen atoms in total. The van der Waals surface area contributed by atoms with Crippen LogP contribution in [0.25, 0.3) is 0 Å². The van der Waals surface area contributed by atoms with E-state index >= 15 is 0 Å². The zero-order valence-electron chi connectivity index (χ0n) is 13.0. The smallest absolute Gasteiger partial charge is 0.122 e. The van der Waals surface area contributed by atoms with Crippen LogP contribution in [0.4, 0.5) is 4.39 Å². The van der Waals surface area contributed by atoms with Crippen LogP contribution in [-0.4, -0.2) is 24.9 Å². The molecule has 116 valence electrons. The molecule has 3 rings (SSSR count). The normalized spacial score (nSPS) is 24.2. The van der Waals surface area contributed by atoms with Crippen molar-refractivity contribution in [3.8, 4) is 5.75 Å². The van der Waals surface area contributed by atoms with Crippen LogP contribution < -0.4 is 10.1 Å². The van der Waals surface area contributed by atoms with E-state index in [2.05, 4.69) is 17.4 Å². The van der Waals surface area contributed by atoms with Gasteiger partial charge in [0.2, 0.25) is 0 Å². The summed E-state index contributed by atoms with van der Waals surface area (Å²) in [6.45, 7) is 3.60. The van der Waals surface area contributed by atoms with Crippen molar-refractivity contribution in [1.29, 1.82) is 0 Å². The minimum atomic E-state index is -1.08. The van der Waals surface area contributed by atoms with E-state index in [1.54, 1.807) is 6.92 Å². The summed E-state index contributed by atoms with van der Waals surface area (Å²) >= 11 is 0. The zero-order valence-corrected chi connectivity index (χ0v) is 13.0. The predicted octanol–water partition coefficient (Wildman–Crippen LogP) is 3.81. The van der Waals surface area contributed by atoms with E-state index < -0.39 is 5.67 Å². The second-order valence-corrected chi connectivity index (χ2v) is 6.80. The van der Waals surface area contributed by atoms with Crippen LogP contribution in [0.2, 0.25) is 0 Å². The summed E-state index contributed by atoms with van der Waals surface area (Å²) < 4.78 is 20.3. The Balaban J connectivity index is 1.53. The van der Waals surface area contributed by atoms with Gasteiger partial charge < -0.3 is 10.1 Å². The molecule has 2 unspecified atom stereocenters. The predicted molar refractivity (Wildman–Crippen MR) is 83.7 cm³/mol. The summed E-state index contributed by atoms with van der Waals surface area (Å²) in [6, 6.07) is 6.67. The van der Waals surface area contributed by atoms with Gasteiger partial charge in [0.1, 0.15) is 11.4 Å². The quantitative estimate of drug-likeness (QED) is 0.890. The summed E-state index contributed by atoms with van der Waals surface area (Å²) in [7, 11) is 0. The zero-order chi connectivity index (χ0) is 14.7. The molecular weight excluding hydrogens is 265 g/mol. The molecule has 0 bridgehead atoms. The molecule has 1 aromatic carbocycles. The van der Waals surface area contributed by atoms with E-state index in [1.807, 2.05) is 6.07 Å². The number of piperidine rings is 1. The van der Waals surface area contributed by atoms with Crippen LogP contribution in [0.5, 0.6) is 5.75 Å². The van der Waals surface area contributed by atoms with E-state index in [4.69, 9.17) is 4.74 Å². The fourth-order valence-electron chi connectivity index (χ4n) is 3.51. The molecule has 0 aromatic heterocycles. The molecule has 0 radical (unpaired) electrons. The van der Waals surface area contributed by atoms with E-state index in [-0.39, 0.29) is 0 Å². The maximum absolute atomic E-state index is 14.8. The average molecular weight is 291 g/mol. The molecule has 1 fully saturated rings. The first-order chi connectivity index (χ1) is 10.1. The van der Waals surface area contributed by atoms with E-state index in [0.717, 1.165) is 38.2 Å². The molecule has 3 heteroatoms. The van der Waals surface area contributed by atoms with Crippen molar-refractivity contribution in [3.63, 3.8) is 0 Å². The Kier molecular flexibility index (Phi) is 4.48. The molecule has 2 aliphatic heterocycles. The number of nitrogens with one attached hydrogen (secondary N) is 1. The number of hydrogen-bond acceptors (Lipinski definition) is 2. The van der Waals surface area contributed by atoms with Crippen molar-refractivity contribution in [2.75, 3.05) is 13.2 Å². The lowest BCUT2D eigenvalue weighted by molar-refractivity contribution is 0.135. The molecule has 21 heavy (non-hydrogen) atoms. The van der Waals surface area contributed by atoms with Crippen LogP contribution >= 0.6 is 0 Å². The fourth-order valence-corrected chi connectivity index (χ4v) is 3.51. The third-order valence-electron chi connectivity index (χ3n) is 4.77. The van der Waals surface area contributed by atoms with Gasteiger partial charge in [0.25, 0.3) is 0 Å². The molecule has 0 aliphatic carbocycles. The lowest BCUT2D eigenvalue weighted by Crippen LogP contribution is -2.39. The molecule has 1 N–H and O–H groups in total. The molecule has 0 spiro atoms. The van der Waals surface area contributed by atoms with Crippen molar-refractivity contribution in [2.45, 2.75) is 63.6 Å². The fraction of sp³-hybridized carbons (Fsp3) is 0.667. The summed E-state index contributed by atoms with van der Waals surface area (Å²) in [5.41, 5.74) is 1.44. The highest BCUT2D eigenvalue weighted by molar-refractivity contribution is 5.39. The topological polar surface area (TPSA) is 21.3 Å². The van der Waals surface area contributed by atoms with Gasteiger partial charge in [0.15, 0.2) is 0 Å². The number of benzene rings is 1. The Morgan fingerprint density at radius 2 is 2.29 bits per heavy atom. The van der Waals surface area contributed by atoms with Gasteiger partial charge >= 0.3 is 0 Å². The average Bonchev–Trinajstić information content (AvgIpc) is 2.93. The molecular formula is C18H26FNO. The molecule has 2 atom stereocenters. The Morgan fingerprint density at radius 1 is 1.38 bits per heavy atom. The standard InChI is InChI=1S/C18H26FNO/c1-18(19,13-16-4-2-3-10-20-16)9-7-14-5-6-17-15(12-14)8-11-21-17/h5-6,12,16,20H,2-4,7-11,13H2,1H3. The third kappa shape index (κ3) is 3.97. The van der Waals surface area contributed by atoms with E-state index in [0.29, 0.717) is 18.9 Å². The minimum Gasteiger partial charge on any atom is -0.493 e. The molecule has 0 saturated carbocycles. The second-order valence-electron chi connectivity index (χ2n) is 6.80. The highest BCUT2D eigenvalue weighted by Crippen LogP contribution is 2.30. The van der Waals surface area contributed by atoms with Crippen LogP contribution in [0, 0.1) is 0 Å². The van der Waals surface area contributed by atoms with Gasteiger partial charge in [0.05, 0.1) is 6.61 Å². The molecule has 1 saturated heterocycles. The van der Waals surface area contributed by atoms with Gasteiger partial charge in [0, 0.05) is 12.5 Å². The Hall–Kier alpha value is -1.09. The van der Waals surface area contributed by atoms with Gasteiger partial charge in [-0.1, -0.05) is 18.6 Å². The van der Waals surface area contributed by atoms with Gasteiger partial charge in [-0.2, -0.15) is 0 Å². The highest BCUT2D eigenvalue weighted by atomic mass is 19.1. The molecule has 1 aromatic rings. The van der Waals surface area contributed by atoms with Crippen molar-refractivity contribution in [3.05, 3.63) is 29.3 Å². The monoisotopic (exact) mass is 291 g/mol. The summed E-state index contributed by atoms with van der Waals surface area (Å²) in [6.07, 6.45) is 6.63. The van der Waals surface area contributed by atoms with Crippen molar-refractivity contribution >= 4 is 0 Å². The number of rotatable bonds is 5. The van der Waals surface area contributed by atoms with Gasteiger partial charge in [-0.3, -0.25) is 0 Å². The lowest BCUT2D eigenvalue weighted by Gasteiger charge is -2.30. The van der Waals surface area contributed by atoms with Crippen LogP contribution in [0.1, 0.15) is 50.2 Å². The van der Waals surface area contributed by atoms with Gasteiger partial charge in [-0.15, -0.1) is 0 Å². The van der Waals surface area contributed by atoms with Crippen LogP contribution in [0.3, 0.4) is 0 Å². The first-order valence-electron chi connectivity index (χ1n) is 8.29. The number of fused-ring (bicyclic) bond motifs is 1. The number of halogens is 1. The Bertz CT molecular complexity index is 480. The van der Waals surface area contributed by atoms with Crippen LogP contribution in [0.15, 0.2) is 18.2 Å². The maximum Gasteiger partial charge on any atom is 0.122 e. The lowest BCUT2D eigenvalue weighted by atomic mass is 9.88.